The van der Waals surface area contributed by atoms with Gasteiger partial charge in [-0.3, -0.25) is 4.79 Å². The molecule has 0 aromatic heterocycles. The highest BCUT2D eigenvalue weighted by Crippen LogP contribution is 2.21. The van der Waals surface area contributed by atoms with E-state index in [4.69, 9.17) is 4.74 Å². The summed E-state index contributed by atoms with van der Waals surface area (Å²) in [5.41, 5.74) is 0. The summed E-state index contributed by atoms with van der Waals surface area (Å²) in [5, 5.41) is 0. The second-order valence-corrected chi connectivity index (χ2v) is 3.99. The molecule has 1 rings (SSSR count). The fraction of sp³-hybridized carbons (Fsp3) is 0.909. The lowest BCUT2D eigenvalue weighted by molar-refractivity contribution is -0.128. The van der Waals surface area contributed by atoms with E-state index < -0.39 is 0 Å². The van der Waals surface area contributed by atoms with Crippen LogP contribution in [0.15, 0.2) is 0 Å². The molecule has 1 atom stereocenters. The van der Waals surface area contributed by atoms with Crippen LogP contribution in [0, 0.1) is 5.92 Å². The molecule has 1 unspecified atom stereocenters. The minimum absolute atomic E-state index is 0.168. The van der Waals surface area contributed by atoms with Crippen LogP contribution in [0.2, 0.25) is 0 Å². The summed E-state index contributed by atoms with van der Waals surface area (Å²) in [6.07, 6.45) is 6.12. The van der Waals surface area contributed by atoms with E-state index in [1.165, 1.54) is 12.8 Å². The van der Waals surface area contributed by atoms with Gasteiger partial charge in [0.1, 0.15) is 6.61 Å². The maximum atomic E-state index is 11.4. The van der Waals surface area contributed by atoms with Crippen LogP contribution in [0.25, 0.3) is 0 Å². The fourth-order valence-corrected chi connectivity index (χ4v) is 1.62. The molecule has 1 saturated carbocycles. The van der Waals surface area contributed by atoms with Crippen LogP contribution in [0.3, 0.4) is 0 Å². The summed E-state index contributed by atoms with van der Waals surface area (Å²) < 4.78 is 5.54. The molecule has 1 aliphatic rings. The summed E-state index contributed by atoms with van der Waals surface area (Å²) in [5.74, 6) is 0.427. The third-order valence-electron chi connectivity index (χ3n) is 2.93. The van der Waals surface area contributed by atoms with E-state index in [1.54, 1.807) is 0 Å². The van der Waals surface area contributed by atoms with Crippen LogP contribution in [0.1, 0.15) is 46.0 Å². The largest absolute Gasteiger partial charge is 0.370 e. The Bertz CT molecular complexity index is 159. The van der Waals surface area contributed by atoms with Gasteiger partial charge >= 0.3 is 0 Å². The molecule has 1 aliphatic carbocycles. The van der Waals surface area contributed by atoms with Crippen LogP contribution in [0.5, 0.6) is 0 Å². The number of Topliss-reactive ketones (excluding diaryl/α,β-unsaturated/α-hetero) is 1. The predicted molar refractivity (Wildman–Crippen MR) is 52.7 cm³/mol. The minimum Gasteiger partial charge on any atom is -0.370 e. The van der Waals surface area contributed by atoms with Crippen molar-refractivity contribution in [3.63, 3.8) is 0 Å². The van der Waals surface area contributed by atoms with Crippen molar-refractivity contribution in [3.8, 4) is 0 Å². The van der Waals surface area contributed by atoms with Gasteiger partial charge in [-0.1, -0.05) is 26.7 Å². The SMILES string of the molecule is CCC(C)C(=O)COC1CCCC1. The molecule has 0 spiro atoms. The number of hydrogen-bond donors (Lipinski definition) is 0. The number of hydrogen-bond acceptors (Lipinski definition) is 2. The third-order valence-corrected chi connectivity index (χ3v) is 2.93. The molecule has 0 saturated heterocycles. The summed E-state index contributed by atoms with van der Waals surface area (Å²) in [7, 11) is 0. The standard InChI is InChI=1S/C11H20O2/c1-3-9(2)11(12)8-13-10-6-4-5-7-10/h9-10H,3-8H2,1-2H3. The summed E-state index contributed by atoms with van der Waals surface area (Å²) in [4.78, 5) is 11.4. The van der Waals surface area contributed by atoms with E-state index in [1.807, 2.05) is 13.8 Å². The maximum Gasteiger partial charge on any atom is 0.161 e. The molecule has 0 aromatic carbocycles. The van der Waals surface area contributed by atoms with Crippen LogP contribution < -0.4 is 0 Å². The van der Waals surface area contributed by atoms with Gasteiger partial charge < -0.3 is 4.74 Å². The Morgan fingerprint density at radius 3 is 2.62 bits per heavy atom. The average Bonchev–Trinajstić information content (AvgIpc) is 2.65. The van der Waals surface area contributed by atoms with Crippen LogP contribution in [-0.4, -0.2) is 18.5 Å². The molecule has 0 heterocycles. The van der Waals surface area contributed by atoms with Gasteiger partial charge in [0.05, 0.1) is 6.10 Å². The Morgan fingerprint density at radius 1 is 1.46 bits per heavy atom. The maximum absolute atomic E-state index is 11.4. The van der Waals surface area contributed by atoms with Crippen molar-refractivity contribution in [2.24, 2.45) is 5.92 Å². The van der Waals surface area contributed by atoms with Gasteiger partial charge in [-0.2, -0.15) is 0 Å². The van der Waals surface area contributed by atoms with Crippen LogP contribution in [-0.2, 0) is 9.53 Å². The van der Waals surface area contributed by atoms with Crippen molar-refractivity contribution in [1.29, 1.82) is 0 Å². The Labute approximate surface area is 80.7 Å². The van der Waals surface area contributed by atoms with Crippen molar-refractivity contribution in [3.05, 3.63) is 0 Å². The van der Waals surface area contributed by atoms with E-state index in [2.05, 4.69) is 0 Å². The molecule has 0 amide bonds. The van der Waals surface area contributed by atoms with Gasteiger partial charge in [0.25, 0.3) is 0 Å². The van der Waals surface area contributed by atoms with Crippen molar-refractivity contribution < 1.29 is 9.53 Å². The Balaban J connectivity index is 2.13. The first-order chi connectivity index (χ1) is 6.24. The molecule has 1 fully saturated rings. The smallest absolute Gasteiger partial charge is 0.161 e. The van der Waals surface area contributed by atoms with Gasteiger partial charge in [-0.25, -0.2) is 0 Å². The van der Waals surface area contributed by atoms with Crippen molar-refractivity contribution in [2.75, 3.05) is 6.61 Å². The summed E-state index contributed by atoms with van der Waals surface area (Å²) in [6, 6.07) is 0. The van der Waals surface area contributed by atoms with Crippen molar-refractivity contribution >= 4 is 5.78 Å². The van der Waals surface area contributed by atoms with Gasteiger partial charge in [-0.05, 0) is 19.3 Å². The number of carbonyl (C=O) groups is 1. The second kappa shape index (κ2) is 5.38. The second-order valence-electron chi connectivity index (χ2n) is 3.99. The molecule has 13 heavy (non-hydrogen) atoms. The van der Waals surface area contributed by atoms with Crippen molar-refractivity contribution in [1.82, 2.24) is 0 Å². The number of ketones is 1. The lowest BCUT2D eigenvalue weighted by Gasteiger charge is -2.12. The topological polar surface area (TPSA) is 26.3 Å². The monoisotopic (exact) mass is 184 g/mol. The van der Waals surface area contributed by atoms with E-state index in [0.29, 0.717) is 12.7 Å². The molecular formula is C11H20O2. The molecular weight excluding hydrogens is 164 g/mol. The Hall–Kier alpha value is -0.370. The normalized spacial score (nSPS) is 20.5. The Morgan fingerprint density at radius 2 is 2.08 bits per heavy atom. The first-order valence-corrected chi connectivity index (χ1v) is 5.38. The molecule has 76 valence electrons. The quantitative estimate of drug-likeness (QED) is 0.656. The highest BCUT2D eigenvalue weighted by molar-refractivity contribution is 5.81. The number of carbonyl (C=O) groups excluding carboxylic acids is 1. The molecule has 0 N–H and O–H groups in total. The third kappa shape index (κ3) is 3.47. The highest BCUT2D eigenvalue weighted by Gasteiger charge is 2.18. The lowest BCUT2D eigenvalue weighted by atomic mass is 10.0. The van der Waals surface area contributed by atoms with Crippen molar-refractivity contribution in [2.45, 2.75) is 52.1 Å². The minimum atomic E-state index is 0.168. The van der Waals surface area contributed by atoms with E-state index in [9.17, 15) is 4.79 Å². The zero-order chi connectivity index (χ0) is 9.68. The van der Waals surface area contributed by atoms with Gasteiger partial charge in [0.15, 0.2) is 5.78 Å². The van der Waals surface area contributed by atoms with Gasteiger partial charge in [-0.15, -0.1) is 0 Å². The zero-order valence-corrected chi connectivity index (χ0v) is 8.71. The number of rotatable bonds is 5. The zero-order valence-electron chi connectivity index (χ0n) is 8.71. The van der Waals surface area contributed by atoms with E-state index >= 15 is 0 Å². The molecule has 2 heteroatoms. The average molecular weight is 184 g/mol. The van der Waals surface area contributed by atoms with Crippen LogP contribution in [0.4, 0.5) is 0 Å². The van der Waals surface area contributed by atoms with Crippen LogP contribution >= 0.6 is 0 Å². The van der Waals surface area contributed by atoms with Gasteiger partial charge in [0.2, 0.25) is 0 Å². The predicted octanol–water partition coefficient (Wildman–Crippen LogP) is 2.56. The molecule has 2 nitrogen and oxygen atoms in total. The first kappa shape index (κ1) is 10.7. The first-order valence-electron chi connectivity index (χ1n) is 5.38. The molecule has 0 radical (unpaired) electrons. The van der Waals surface area contributed by atoms with Gasteiger partial charge in [0, 0.05) is 5.92 Å². The molecule has 0 bridgehead atoms. The molecule has 0 aliphatic heterocycles. The fourth-order valence-electron chi connectivity index (χ4n) is 1.62. The van der Waals surface area contributed by atoms with E-state index in [-0.39, 0.29) is 11.7 Å². The van der Waals surface area contributed by atoms with E-state index in [0.717, 1.165) is 19.3 Å². The Kier molecular flexibility index (Phi) is 4.43. The summed E-state index contributed by atoms with van der Waals surface area (Å²) >= 11 is 0. The lowest BCUT2D eigenvalue weighted by Crippen LogP contribution is -2.20. The number of ether oxygens (including phenoxy) is 1. The summed E-state index contributed by atoms with van der Waals surface area (Å²) in [6.45, 7) is 4.35. The highest BCUT2D eigenvalue weighted by atomic mass is 16.5. The molecule has 0 aromatic rings.